The first-order valence-corrected chi connectivity index (χ1v) is 7.12. The Kier molecular flexibility index (Phi) is 4.42. The molecule has 20 heavy (non-hydrogen) atoms. The van der Waals surface area contributed by atoms with Gasteiger partial charge in [-0.1, -0.05) is 23.7 Å². The van der Waals surface area contributed by atoms with Gasteiger partial charge in [0, 0.05) is 4.88 Å². The maximum atomic E-state index is 12.6. The number of nitrogens with one attached hydrogen (secondary N) is 1. The molecule has 1 unspecified atom stereocenters. The van der Waals surface area contributed by atoms with Gasteiger partial charge in [-0.2, -0.15) is 13.2 Å². The third-order valence-corrected chi connectivity index (χ3v) is 4.64. The Balaban J connectivity index is 2.33. The third-order valence-electron chi connectivity index (χ3n) is 3.02. The second-order valence-electron chi connectivity index (χ2n) is 4.45. The van der Waals surface area contributed by atoms with Gasteiger partial charge in [0.1, 0.15) is 0 Å². The highest BCUT2D eigenvalue weighted by Gasteiger charge is 2.30. The van der Waals surface area contributed by atoms with Gasteiger partial charge in [0.2, 0.25) is 0 Å². The van der Waals surface area contributed by atoms with Crippen molar-refractivity contribution in [1.82, 2.24) is 5.32 Å². The quantitative estimate of drug-likeness (QED) is 0.836. The summed E-state index contributed by atoms with van der Waals surface area (Å²) in [5.41, 5.74) is 1.11. The van der Waals surface area contributed by atoms with E-state index >= 15 is 0 Å². The molecular weight excluding hydrogens is 307 g/mol. The maximum absolute atomic E-state index is 12.6. The molecule has 1 nitrogen and oxygen atoms in total. The first kappa shape index (κ1) is 15.4. The molecule has 1 atom stereocenters. The molecule has 0 aliphatic rings. The summed E-state index contributed by atoms with van der Waals surface area (Å²) in [6, 6.07) is 6.98. The van der Waals surface area contributed by atoms with Crippen LogP contribution < -0.4 is 5.32 Å². The second kappa shape index (κ2) is 5.76. The number of halogens is 4. The summed E-state index contributed by atoms with van der Waals surface area (Å²) in [6.45, 7) is 1.90. The van der Waals surface area contributed by atoms with Crippen molar-refractivity contribution in [3.05, 3.63) is 56.2 Å². The predicted octanol–water partition coefficient (Wildman–Crippen LogP) is 5.04. The molecule has 6 heteroatoms. The molecule has 0 saturated carbocycles. The molecule has 0 amide bonds. The van der Waals surface area contributed by atoms with Gasteiger partial charge in [-0.05, 0) is 43.3 Å². The van der Waals surface area contributed by atoms with E-state index < -0.39 is 11.7 Å². The van der Waals surface area contributed by atoms with Crippen LogP contribution in [0.15, 0.2) is 30.3 Å². The van der Waals surface area contributed by atoms with Gasteiger partial charge < -0.3 is 5.32 Å². The molecule has 1 aromatic carbocycles. The van der Waals surface area contributed by atoms with E-state index in [1.807, 2.05) is 13.0 Å². The third kappa shape index (κ3) is 3.16. The van der Waals surface area contributed by atoms with Crippen LogP contribution in [0.1, 0.15) is 27.6 Å². The van der Waals surface area contributed by atoms with Crippen molar-refractivity contribution in [3.8, 4) is 0 Å². The van der Waals surface area contributed by atoms with Crippen LogP contribution in [0.25, 0.3) is 0 Å². The zero-order valence-corrected chi connectivity index (χ0v) is 12.5. The van der Waals surface area contributed by atoms with Crippen LogP contribution in [-0.2, 0) is 6.18 Å². The van der Waals surface area contributed by atoms with Crippen molar-refractivity contribution in [2.24, 2.45) is 0 Å². The maximum Gasteiger partial charge on any atom is 0.416 e. The van der Waals surface area contributed by atoms with E-state index in [0.717, 1.165) is 28.1 Å². The molecule has 0 aliphatic heterocycles. The normalized spacial score (nSPS) is 13.5. The molecule has 108 valence electrons. The minimum atomic E-state index is -4.31. The Bertz CT molecular complexity index is 570. The molecule has 0 bridgehead atoms. The lowest BCUT2D eigenvalue weighted by atomic mass is 10.0. The number of thiophene rings is 1. The Hall–Kier alpha value is -1.04. The van der Waals surface area contributed by atoms with Crippen molar-refractivity contribution in [2.75, 3.05) is 7.05 Å². The highest BCUT2D eigenvalue weighted by molar-refractivity contribution is 7.16. The topological polar surface area (TPSA) is 12.0 Å². The molecule has 0 aliphatic carbocycles. The van der Waals surface area contributed by atoms with Gasteiger partial charge in [0.15, 0.2) is 0 Å². The Labute approximate surface area is 124 Å². The summed E-state index contributed by atoms with van der Waals surface area (Å²) in [5, 5.41) is 3.10. The Morgan fingerprint density at radius 2 is 1.80 bits per heavy atom. The largest absolute Gasteiger partial charge is 0.416 e. The smallest absolute Gasteiger partial charge is 0.309 e. The van der Waals surface area contributed by atoms with E-state index in [9.17, 15) is 13.2 Å². The average Bonchev–Trinajstić information content (AvgIpc) is 2.70. The molecule has 1 aromatic heterocycles. The van der Waals surface area contributed by atoms with Gasteiger partial charge in [-0.3, -0.25) is 0 Å². The van der Waals surface area contributed by atoms with Gasteiger partial charge in [-0.25, -0.2) is 0 Å². The summed E-state index contributed by atoms with van der Waals surface area (Å²) < 4.78 is 38.4. The molecule has 0 spiro atoms. The zero-order chi connectivity index (χ0) is 14.9. The lowest BCUT2D eigenvalue weighted by Crippen LogP contribution is -2.16. The number of aryl methyl sites for hydroxylation is 1. The van der Waals surface area contributed by atoms with Crippen LogP contribution in [0.4, 0.5) is 13.2 Å². The highest BCUT2D eigenvalue weighted by Crippen LogP contribution is 2.35. The van der Waals surface area contributed by atoms with E-state index in [1.54, 1.807) is 7.05 Å². The first-order valence-electron chi connectivity index (χ1n) is 5.93. The standard InChI is InChI=1S/C14H13ClF3NS/c1-8-7-11(20-13(8)15)12(19-2)9-3-5-10(6-4-9)14(16,17)18/h3-7,12,19H,1-2H3. The first-order chi connectivity index (χ1) is 9.32. The molecule has 2 aromatic rings. The van der Waals surface area contributed by atoms with Crippen molar-refractivity contribution in [2.45, 2.75) is 19.1 Å². The number of rotatable bonds is 3. The van der Waals surface area contributed by atoms with Crippen molar-refractivity contribution in [3.63, 3.8) is 0 Å². The molecule has 0 fully saturated rings. The minimum absolute atomic E-state index is 0.159. The van der Waals surface area contributed by atoms with Crippen LogP contribution in [0.2, 0.25) is 4.34 Å². The molecule has 0 radical (unpaired) electrons. The van der Waals surface area contributed by atoms with E-state index in [2.05, 4.69) is 5.32 Å². The highest BCUT2D eigenvalue weighted by atomic mass is 35.5. The van der Waals surface area contributed by atoms with Gasteiger partial charge in [-0.15, -0.1) is 11.3 Å². The average molecular weight is 320 g/mol. The summed E-state index contributed by atoms with van der Waals surface area (Å²) in [5.74, 6) is 0. The Morgan fingerprint density at radius 3 is 2.20 bits per heavy atom. The van der Waals surface area contributed by atoms with Crippen molar-refractivity contribution in [1.29, 1.82) is 0 Å². The number of benzene rings is 1. The fraction of sp³-hybridized carbons (Fsp3) is 0.286. The lowest BCUT2D eigenvalue weighted by Gasteiger charge is -2.16. The summed E-state index contributed by atoms with van der Waals surface area (Å²) in [7, 11) is 1.77. The molecule has 2 rings (SSSR count). The van der Waals surface area contributed by atoms with Crippen LogP contribution in [0.3, 0.4) is 0 Å². The van der Waals surface area contributed by atoms with Crippen molar-refractivity contribution < 1.29 is 13.2 Å². The van der Waals surface area contributed by atoms with E-state index in [4.69, 9.17) is 11.6 Å². The van der Waals surface area contributed by atoms with Crippen LogP contribution in [-0.4, -0.2) is 7.05 Å². The van der Waals surface area contributed by atoms with E-state index in [1.165, 1.54) is 23.5 Å². The van der Waals surface area contributed by atoms with Crippen LogP contribution in [0.5, 0.6) is 0 Å². The fourth-order valence-corrected chi connectivity index (χ4v) is 3.32. The zero-order valence-electron chi connectivity index (χ0n) is 10.9. The number of hydrogen-bond acceptors (Lipinski definition) is 2. The fourth-order valence-electron chi connectivity index (χ4n) is 1.96. The van der Waals surface area contributed by atoms with Gasteiger partial charge >= 0.3 is 6.18 Å². The molecular formula is C14H13ClF3NS. The molecule has 1 N–H and O–H groups in total. The summed E-state index contributed by atoms with van der Waals surface area (Å²) >= 11 is 7.48. The van der Waals surface area contributed by atoms with Crippen LogP contribution >= 0.6 is 22.9 Å². The molecule has 1 heterocycles. The number of hydrogen-bond donors (Lipinski definition) is 1. The monoisotopic (exact) mass is 319 g/mol. The lowest BCUT2D eigenvalue weighted by molar-refractivity contribution is -0.137. The van der Waals surface area contributed by atoms with Crippen molar-refractivity contribution >= 4 is 22.9 Å². The SMILES string of the molecule is CNC(c1ccc(C(F)(F)F)cc1)c1cc(C)c(Cl)s1. The van der Waals surface area contributed by atoms with E-state index in [-0.39, 0.29) is 6.04 Å². The number of alkyl halides is 3. The van der Waals surface area contributed by atoms with Gasteiger partial charge in [0.25, 0.3) is 0 Å². The second-order valence-corrected chi connectivity index (χ2v) is 6.13. The summed E-state index contributed by atoms with van der Waals surface area (Å²) in [4.78, 5) is 0.981. The van der Waals surface area contributed by atoms with E-state index in [0.29, 0.717) is 4.34 Å². The van der Waals surface area contributed by atoms with Crippen LogP contribution in [0, 0.1) is 6.92 Å². The predicted molar refractivity (Wildman–Crippen MR) is 76.4 cm³/mol. The summed E-state index contributed by atoms with van der Waals surface area (Å²) in [6.07, 6.45) is -4.31. The Morgan fingerprint density at radius 1 is 1.20 bits per heavy atom. The minimum Gasteiger partial charge on any atom is -0.309 e. The molecule has 0 saturated heterocycles. The van der Waals surface area contributed by atoms with Gasteiger partial charge in [0.05, 0.1) is 15.9 Å².